The molecule has 1 aromatic rings. The Balaban J connectivity index is 1.47. The number of hydrogen-bond acceptors (Lipinski definition) is 7. The van der Waals surface area contributed by atoms with Gasteiger partial charge in [-0.2, -0.15) is 5.10 Å². The number of fused-ring (bicyclic) bond motifs is 5. The number of aliphatic hydroxyl groups excluding tert-OH is 1. The van der Waals surface area contributed by atoms with Crippen LogP contribution in [0.2, 0.25) is 0 Å². The summed E-state index contributed by atoms with van der Waals surface area (Å²) in [5.74, 6) is 0.0735. The van der Waals surface area contributed by atoms with Crippen molar-refractivity contribution >= 4 is 11.9 Å². The summed E-state index contributed by atoms with van der Waals surface area (Å²) in [6, 6.07) is 1.81. The zero-order valence-corrected chi connectivity index (χ0v) is 24.6. The summed E-state index contributed by atoms with van der Waals surface area (Å²) in [6.45, 7) is 14.4. The number of anilines is 1. The van der Waals surface area contributed by atoms with Crippen molar-refractivity contribution in [1.29, 1.82) is 0 Å². The number of carbonyl (C=O) groups excluding carboxylic acids is 1. The molecule has 0 aromatic carbocycles. The second-order valence-corrected chi connectivity index (χ2v) is 13.8. The molecule has 9 nitrogen and oxygen atoms in total. The van der Waals surface area contributed by atoms with Crippen LogP contribution in [-0.2, 0) is 21.3 Å². The number of nitrogens with zero attached hydrogens (tertiary/aromatic N) is 3. The van der Waals surface area contributed by atoms with Crippen LogP contribution in [0.15, 0.2) is 29.4 Å². The standard InChI is InChI=1S/C30H43N3O6/c1-15-13-29-16(2)10-20-22(27(20,4)5)19(23(29)34)12-18-14-37-28(6,7)39-25(18)30(29,36)24(15)38-26(35)32(8)21-11-17(3)31-33(21)9/h11-13,16,19-20,22-25,34,36H,10,14H2,1-9H3/t16-,19+,20-,22+,23?,24+,25-,29+,30-/m1/s1. The van der Waals surface area contributed by atoms with E-state index < -0.39 is 41.2 Å². The zero-order valence-electron chi connectivity index (χ0n) is 24.6. The van der Waals surface area contributed by atoms with Gasteiger partial charge in [0.2, 0.25) is 0 Å². The third-order valence-corrected chi connectivity index (χ3v) is 10.7. The molecule has 1 spiro atoms. The molecule has 1 amide bonds. The number of aromatic nitrogens is 2. The van der Waals surface area contributed by atoms with E-state index in [1.165, 1.54) is 4.90 Å². The fourth-order valence-corrected chi connectivity index (χ4v) is 8.79. The Hall–Kier alpha value is -2.20. The van der Waals surface area contributed by atoms with Crippen LogP contribution in [0.1, 0.15) is 53.7 Å². The quantitative estimate of drug-likeness (QED) is 0.550. The topological polar surface area (TPSA) is 106 Å². The van der Waals surface area contributed by atoms with E-state index in [0.717, 1.165) is 17.7 Å². The first-order valence-corrected chi connectivity index (χ1v) is 14.1. The van der Waals surface area contributed by atoms with Gasteiger partial charge in [0, 0.05) is 26.1 Å². The summed E-state index contributed by atoms with van der Waals surface area (Å²) in [7, 11) is 3.40. The van der Waals surface area contributed by atoms with E-state index in [0.29, 0.717) is 17.3 Å². The maximum atomic E-state index is 13.6. The maximum Gasteiger partial charge on any atom is 0.415 e. The minimum atomic E-state index is -1.74. The van der Waals surface area contributed by atoms with Gasteiger partial charge in [-0.1, -0.05) is 32.9 Å². The molecule has 39 heavy (non-hydrogen) atoms. The number of aliphatic hydroxyl groups is 2. The minimum absolute atomic E-state index is 0.0878. The number of hydrogen-bond donors (Lipinski definition) is 2. The SMILES string of the molecule is CC1=C[C@]23C(O)[C@@H](C=C4COC(C)(C)O[C@H]4[C@]2(O)[C@H]1OC(=O)N(C)c1cc(C)nn1C)[C@H]1[C@@H](C[C@H]3C)C1(C)C. The van der Waals surface area contributed by atoms with E-state index in [-0.39, 0.29) is 29.8 Å². The van der Waals surface area contributed by atoms with Crippen LogP contribution in [0, 0.1) is 41.4 Å². The predicted molar refractivity (Wildman–Crippen MR) is 145 cm³/mol. The summed E-state index contributed by atoms with van der Waals surface area (Å²) in [5, 5.41) is 29.8. The number of aryl methyl sites for hydroxylation is 2. The average molecular weight is 542 g/mol. The van der Waals surface area contributed by atoms with Crippen LogP contribution in [0.3, 0.4) is 0 Å². The average Bonchev–Trinajstić information content (AvgIpc) is 3.12. The van der Waals surface area contributed by atoms with Gasteiger partial charge in [-0.3, -0.25) is 9.58 Å². The summed E-state index contributed by atoms with van der Waals surface area (Å²) < 4.78 is 20.4. The van der Waals surface area contributed by atoms with E-state index in [9.17, 15) is 15.0 Å². The summed E-state index contributed by atoms with van der Waals surface area (Å²) in [6.07, 6.45) is 1.64. The highest BCUT2D eigenvalue weighted by Crippen LogP contribution is 2.73. The van der Waals surface area contributed by atoms with Crippen LogP contribution < -0.4 is 4.90 Å². The summed E-state index contributed by atoms with van der Waals surface area (Å²) >= 11 is 0. The molecule has 4 aliphatic carbocycles. The maximum absolute atomic E-state index is 13.6. The smallest absolute Gasteiger partial charge is 0.415 e. The van der Waals surface area contributed by atoms with Crippen molar-refractivity contribution in [2.45, 2.75) is 84.6 Å². The van der Waals surface area contributed by atoms with Crippen LogP contribution in [0.4, 0.5) is 10.6 Å². The molecule has 1 saturated heterocycles. The summed E-state index contributed by atoms with van der Waals surface area (Å²) in [5.41, 5.74) is -0.418. The van der Waals surface area contributed by atoms with Gasteiger partial charge in [0.1, 0.15) is 17.5 Å². The first kappa shape index (κ1) is 27.0. The number of ether oxygens (including phenoxy) is 3. The van der Waals surface area contributed by atoms with Gasteiger partial charge >= 0.3 is 6.09 Å². The molecule has 2 bridgehead atoms. The monoisotopic (exact) mass is 541 g/mol. The summed E-state index contributed by atoms with van der Waals surface area (Å²) in [4.78, 5) is 15.0. The van der Waals surface area contributed by atoms with Gasteiger partial charge in [0.05, 0.1) is 23.8 Å². The van der Waals surface area contributed by atoms with E-state index in [2.05, 4.69) is 31.9 Å². The Morgan fingerprint density at radius 1 is 1.26 bits per heavy atom. The largest absolute Gasteiger partial charge is 0.438 e. The van der Waals surface area contributed by atoms with Crippen molar-refractivity contribution < 1.29 is 29.2 Å². The predicted octanol–water partition coefficient (Wildman–Crippen LogP) is 3.73. The van der Waals surface area contributed by atoms with Crippen molar-refractivity contribution in [3.05, 3.63) is 35.1 Å². The van der Waals surface area contributed by atoms with Crippen molar-refractivity contribution in [2.24, 2.45) is 41.5 Å². The van der Waals surface area contributed by atoms with Gasteiger partial charge < -0.3 is 24.4 Å². The lowest BCUT2D eigenvalue weighted by atomic mass is 9.58. The molecule has 9 atom stereocenters. The molecule has 3 fully saturated rings. The Labute approximate surface area is 230 Å². The molecule has 2 N–H and O–H groups in total. The lowest BCUT2D eigenvalue weighted by Gasteiger charge is -2.55. The highest BCUT2D eigenvalue weighted by molar-refractivity contribution is 5.86. The molecular formula is C30H43N3O6. The van der Waals surface area contributed by atoms with Gasteiger partial charge in [0.15, 0.2) is 11.9 Å². The first-order chi connectivity index (χ1) is 18.1. The van der Waals surface area contributed by atoms with Gasteiger partial charge in [0.25, 0.3) is 0 Å². The van der Waals surface area contributed by atoms with Crippen molar-refractivity contribution in [2.75, 3.05) is 18.6 Å². The minimum Gasteiger partial charge on any atom is -0.438 e. The van der Waals surface area contributed by atoms with Crippen LogP contribution >= 0.6 is 0 Å². The molecule has 214 valence electrons. The Bertz CT molecular complexity index is 1280. The van der Waals surface area contributed by atoms with Gasteiger partial charge in [-0.25, -0.2) is 4.79 Å². The molecule has 1 aromatic heterocycles. The van der Waals surface area contributed by atoms with E-state index in [1.807, 2.05) is 33.8 Å². The molecule has 2 saturated carbocycles. The second kappa shape index (κ2) is 8.18. The third kappa shape index (κ3) is 3.46. The Kier molecular flexibility index (Phi) is 5.66. The fraction of sp³-hybridized carbons (Fsp3) is 0.733. The number of carbonyl (C=O) groups is 1. The lowest BCUT2D eigenvalue weighted by molar-refractivity contribution is -0.311. The Morgan fingerprint density at radius 3 is 2.59 bits per heavy atom. The van der Waals surface area contributed by atoms with E-state index in [4.69, 9.17) is 14.2 Å². The molecule has 9 heteroatoms. The highest BCUT2D eigenvalue weighted by atomic mass is 16.7. The third-order valence-electron chi connectivity index (χ3n) is 10.7. The van der Waals surface area contributed by atoms with Gasteiger partial charge in [-0.05, 0) is 68.4 Å². The van der Waals surface area contributed by atoms with Crippen molar-refractivity contribution in [3.63, 3.8) is 0 Å². The number of rotatable bonds is 2. The second-order valence-electron chi connectivity index (χ2n) is 13.8. The molecule has 0 radical (unpaired) electrons. The molecule has 1 aliphatic heterocycles. The molecule has 2 heterocycles. The molecule has 5 aliphatic rings. The van der Waals surface area contributed by atoms with Crippen LogP contribution in [0.5, 0.6) is 0 Å². The Morgan fingerprint density at radius 2 is 1.95 bits per heavy atom. The molecule has 6 rings (SSSR count). The van der Waals surface area contributed by atoms with Crippen molar-refractivity contribution in [3.8, 4) is 0 Å². The van der Waals surface area contributed by atoms with E-state index >= 15 is 0 Å². The van der Waals surface area contributed by atoms with Crippen LogP contribution in [0.25, 0.3) is 0 Å². The van der Waals surface area contributed by atoms with Gasteiger partial charge in [-0.15, -0.1) is 0 Å². The fourth-order valence-electron chi connectivity index (χ4n) is 8.79. The highest BCUT2D eigenvalue weighted by Gasteiger charge is 2.77. The molecular weight excluding hydrogens is 498 g/mol. The van der Waals surface area contributed by atoms with E-state index in [1.54, 1.807) is 24.8 Å². The zero-order chi connectivity index (χ0) is 28.4. The normalized spacial score (nSPS) is 43.1. The van der Waals surface area contributed by atoms with Crippen molar-refractivity contribution in [1.82, 2.24) is 9.78 Å². The molecule has 1 unspecified atom stereocenters. The number of amides is 1. The van der Waals surface area contributed by atoms with Crippen LogP contribution in [-0.4, -0.2) is 69.4 Å². The lowest BCUT2D eigenvalue weighted by Crippen LogP contribution is -2.69. The first-order valence-electron chi connectivity index (χ1n) is 14.1.